The van der Waals surface area contributed by atoms with Gasteiger partial charge in [-0.1, -0.05) is 44.3 Å². The molecule has 0 unspecified atom stereocenters. The molecule has 0 aliphatic rings. The van der Waals surface area contributed by atoms with Crippen LogP contribution in [0.2, 0.25) is 0 Å². The molecule has 0 radical (unpaired) electrons. The number of benzene rings is 1. The highest BCUT2D eigenvalue weighted by Gasteiger charge is 1.99. The predicted octanol–water partition coefficient (Wildman–Crippen LogP) is 5.04. The maximum Gasteiger partial charge on any atom is 0.0633 e. The molecule has 0 saturated heterocycles. The Morgan fingerprint density at radius 2 is 2.00 bits per heavy atom. The summed E-state index contributed by atoms with van der Waals surface area (Å²) in [5, 5.41) is 0. The van der Waals surface area contributed by atoms with Gasteiger partial charge < -0.3 is 0 Å². The van der Waals surface area contributed by atoms with Crippen LogP contribution in [0.3, 0.4) is 0 Å². The Labute approximate surface area is 123 Å². The van der Waals surface area contributed by atoms with Crippen molar-refractivity contribution >= 4 is 11.4 Å². The van der Waals surface area contributed by atoms with Gasteiger partial charge in [0.2, 0.25) is 0 Å². The largest absolute Gasteiger partial charge is 0.254 e. The average Bonchev–Trinajstić information content (AvgIpc) is 2.49. The first-order valence-corrected chi connectivity index (χ1v) is 7.13. The summed E-state index contributed by atoms with van der Waals surface area (Å²) in [6, 6.07) is 8.45. The molecule has 0 spiro atoms. The lowest BCUT2D eigenvalue weighted by molar-refractivity contribution is 0.757. The van der Waals surface area contributed by atoms with E-state index in [0.29, 0.717) is 0 Å². The van der Waals surface area contributed by atoms with Gasteiger partial charge in [-0.05, 0) is 42.9 Å². The fourth-order valence-electron chi connectivity index (χ4n) is 1.93. The van der Waals surface area contributed by atoms with E-state index in [1.165, 1.54) is 5.56 Å². The quantitative estimate of drug-likeness (QED) is 0.355. The zero-order valence-electron chi connectivity index (χ0n) is 12.4. The molecule has 1 aromatic carbocycles. The van der Waals surface area contributed by atoms with Crippen molar-refractivity contribution in [3.63, 3.8) is 0 Å². The van der Waals surface area contributed by atoms with Crippen molar-refractivity contribution in [1.82, 2.24) is 0 Å². The van der Waals surface area contributed by atoms with E-state index in [9.17, 15) is 0 Å². The highest BCUT2D eigenvalue weighted by molar-refractivity contribution is 5.97. The molecule has 0 aliphatic carbocycles. The van der Waals surface area contributed by atoms with Crippen LogP contribution in [0, 0.1) is 12.3 Å². The van der Waals surface area contributed by atoms with Gasteiger partial charge in [0.1, 0.15) is 0 Å². The minimum atomic E-state index is 0.792. The fourth-order valence-corrected chi connectivity index (χ4v) is 1.93. The minimum absolute atomic E-state index is 0.792. The van der Waals surface area contributed by atoms with Crippen LogP contribution < -0.4 is 0 Å². The van der Waals surface area contributed by atoms with E-state index >= 15 is 0 Å². The van der Waals surface area contributed by atoms with Gasteiger partial charge >= 0.3 is 0 Å². The maximum atomic E-state index is 5.24. The van der Waals surface area contributed by atoms with Crippen LogP contribution >= 0.6 is 0 Å². The monoisotopic (exact) mass is 265 g/mol. The summed E-state index contributed by atoms with van der Waals surface area (Å²) < 4.78 is 0. The van der Waals surface area contributed by atoms with E-state index in [4.69, 9.17) is 6.42 Å². The van der Waals surface area contributed by atoms with E-state index in [2.05, 4.69) is 55.3 Å². The molecule has 0 fully saturated rings. The molecule has 0 bridgehead atoms. The van der Waals surface area contributed by atoms with Crippen molar-refractivity contribution in [2.75, 3.05) is 0 Å². The molecule has 0 amide bonds. The lowest BCUT2D eigenvalue weighted by Crippen LogP contribution is -1.91. The van der Waals surface area contributed by atoms with Gasteiger partial charge in [-0.3, -0.25) is 4.99 Å². The maximum absolute atomic E-state index is 5.24. The van der Waals surface area contributed by atoms with Crippen LogP contribution in [-0.2, 0) is 6.42 Å². The van der Waals surface area contributed by atoms with Gasteiger partial charge in [0, 0.05) is 12.1 Å². The molecule has 0 aromatic heterocycles. The van der Waals surface area contributed by atoms with E-state index in [0.717, 1.165) is 49.1 Å². The number of hydrogen-bond donors (Lipinski definition) is 0. The van der Waals surface area contributed by atoms with Crippen LogP contribution in [0.1, 0.15) is 43.7 Å². The van der Waals surface area contributed by atoms with Crippen molar-refractivity contribution in [2.45, 2.75) is 39.0 Å². The third-order valence-corrected chi connectivity index (χ3v) is 3.20. The summed E-state index contributed by atoms with van der Waals surface area (Å²) in [6.07, 6.45) is 12.1. The Bertz CT molecular complexity index is 512. The number of rotatable bonds is 8. The van der Waals surface area contributed by atoms with E-state index in [1.54, 1.807) is 6.08 Å². The summed E-state index contributed by atoms with van der Waals surface area (Å²) in [5.41, 5.74) is 4.15. The molecule has 1 aromatic rings. The average molecular weight is 265 g/mol. The molecule has 0 saturated carbocycles. The van der Waals surface area contributed by atoms with Crippen molar-refractivity contribution in [1.29, 1.82) is 0 Å². The van der Waals surface area contributed by atoms with Gasteiger partial charge in [0.15, 0.2) is 0 Å². The van der Waals surface area contributed by atoms with Gasteiger partial charge in [0.05, 0.1) is 5.70 Å². The SMILES string of the molecule is C#CCCCCc1ccc(C(=C)N=C(C=C)CC)cc1. The third-order valence-electron chi connectivity index (χ3n) is 3.20. The lowest BCUT2D eigenvalue weighted by Gasteiger charge is -2.05. The van der Waals surface area contributed by atoms with Crippen molar-refractivity contribution in [3.05, 3.63) is 54.6 Å². The zero-order valence-corrected chi connectivity index (χ0v) is 12.4. The first kappa shape index (κ1) is 16.0. The molecule has 1 nitrogen and oxygen atoms in total. The Morgan fingerprint density at radius 1 is 1.30 bits per heavy atom. The summed E-state index contributed by atoms with van der Waals surface area (Å²) in [4.78, 5) is 4.48. The van der Waals surface area contributed by atoms with Crippen LogP contribution in [0.4, 0.5) is 0 Å². The van der Waals surface area contributed by atoms with E-state index in [-0.39, 0.29) is 0 Å². The van der Waals surface area contributed by atoms with Crippen LogP contribution in [0.5, 0.6) is 0 Å². The first-order valence-electron chi connectivity index (χ1n) is 7.13. The molecule has 0 atom stereocenters. The summed E-state index contributed by atoms with van der Waals surface area (Å²) in [5.74, 6) is 2.67. The third kappa shape index (κ3) is 5.28. The fraction of sp³-hybridized carbons (Fsp3) is 0.316. The van der Waals surface area contributed by atoms with Crippen LogP contribution in [-0.4, -0.2) is 5.71 Å². The Morgan fingerprint density at radius 3 is 2.55 bits per heavy atom. The summed E-state index contributed by atoms with van der Waals surface area (Å²) >= 11 is 0. The number of aryl methyl sites for hydroxylation is 1. The van der Waals surface area contributed by atoms with Gasteiger partial charge in [-0.25, -0.2) is 0 Å². The van der Waals surface area contributed by atoms with Gasteiger partial charge in [0.25, 0.3) is 0 Å². The highest BCUT2D eigenvalue weighted by Crippen LogP contribution is 2.16. The molecule has 1 rings (SSSR count). The number of aliphatic imine (C=N–C) groups is 1. The Balaban J connectivity index is 2.62. The molecular weight excluding hydrogens is 242 g/mol. The minimum Gasteiger partial charge on any atom is -0.254 e. The highest BCUT2D eigenvalue weighted by atomic mass is 14.7. The first-order chi connectivity index (χ1) is 9.71. The lowest BCUT2D eigenvalue weighted by atomic mass is 10.0. The van der Waals surface area contributed by atoms with Crippen molar-refractivity contribution < 1.29 is 0 Å². The number of nitrogens with zero attached hydrogens (tertiary/aromatic N) is 1. The number of allylic oxidation sites excluding steroid dienone is 1. The molecule has 1 heteroatoms. The smallest absolute Gasteiger partial charge is 0.0633 e. The van der Waals surface area contributed by atoms with Crippen molar-refractivity contribution in [2.24, 2.45) is 4.99 Å². The zero-order chi connectivity index (χ0) is 14.8. The number of hydrogen-bond acceptors (Lipinski definition) is 1. The predicted molar refractivity (Wildman–Crippen MR) is 89.8 cm³/mol. The van der Waals surface area contributed by atoms with Gasteiger partial charge in [-0.15, -0.1) is 12.3 Å². The molecule has 104 valence electrons. The topological polar surface area (TPSA) is 12.4 Å². The normalized spacial score (nSPS) is 10.9. The standard InChI is InChI=1S/C19H23N/c1-5-8-9-10-11-17-12-14-18(15-13-17)16(4)20-19(6-2)7-3/h1,6,12-15H,2,4,7-11H2,3H3. The molecule has 0 aliphatic heterocycles. The van der Waals surface area contributed by atoms with E-state index in [1.807, 2.05) is 0 Å². The second-order valence-corrected chi connectivity index (χ2v) is 4.72. The Hall–Kier alpha value is -2.07. The summed E-state index contributed by atoms with van der Waals surface area (Å²) in [7, 11) is 0. The summed E-state index contributed by atoms with van der Waals surface area (Å²) in [6.45, 7) is 9.84. The second-order valence-electron chi connectivity index (χ2n) is 4.72. The molecule has 0 heterocycles. The molecule has 0 N–H and O–H groups in total. The molecule has 20 heavy (non-hydrogen) atoms. The van der Waals surface area contributed by atoms with E-state index < -0.39 is 0 Å². The van der Waals surface area contributed by atoms with Crippen LogP contribution in [0.25, 0.3) is 5.70 Å². The Kier molecular flexibility index (Phi) is 7.14. The van der Waals surface area contributed by atoms with Gasteiger partial charge in [-0.2, -0.15) is 0 Å². The molecular formula is C19H23N. The van der Waals surface area contributed by atoms with Crippen molar-refractivity contribution in [3.8, 4) is 12.3 Å². The number of terminal acetylenes is 1. The second kappa shape index (κ2) is 8.93. The number of unbranched alkanes of at least 4 members (excludes halogenated alkanes) is 2. The van der Waals surface area contributed by atoms with Crippen LogP contribution in [0.15, 0.2) is 48.5 Å².